The fourth-order valence-corrected chi connectivity index (χ4v) is 3.80. The summed E-state index contributed by atoms with van der Waals surface area (Å²) in [5.74, 6) is 1.67. The Bertz CT molecular complexity index is 828. The van der Waals surface area contributed by atoms with Crippen molar-refractivity contribution < 1.29 is 14.6 Å². The van der Waals surface area contributed by atoms with Crippen molar-refractivity contribution in [3.8, 4) is 11.5 Å². The van der Waals surface area contributed by atoms with Crippen LogP contribution in [-0.2, 0) is 5.60 Å². The fourth-order valence-electron chi connectivity index (χ4n) is 3.80. The third-order valence-corrected chi connectivity index (χ3v) is 5.34. The summed E-state index contributed by atoms with van der Waals surface area (Å²) in [7, 11) is 1.66. The van der Waals surface area contributed by atoms with Crippen LogP contribution >= 0.6 is 0 Å². The second-order valence-corrected chi connectivity index (χ2v) is 7.35. The lowest BCUT2D eigenvalue weighted by atomic mass is 9.92. The van der Waals surface area contributed by atoms with Crippen LogP contribution in [0.3, 0.4) is 0 Å². The molecule has 1 saturated heterocycles. The van der Waals surface area contributed by atoms with Crippen molar-refractivity contribution in [2.24, 2.45) is 0 Å². The highest BCUT2D eigenvalue weighted by Gasteiger charge is 2.37. The number of likely N-dealkylation sites (tertiary alicyclic amines) is 1. The van der Waals surface area contributed by atoms with Crippen LogP contribution in [0.1, 0.15) is 23.1 Å². The molecule has 2 aliphatic rings. The molecular weight excluding hydrogens is 326 g/mol. The number of benzene rings is 2. The van der Waals surface area contributed by atoms with E-state index in [2.05, 4.69) is 30.0 Å². The van der Waals surface area contributed by atoms with Gasteiger partial charge < -0.3 is 14.6 Å². The Morgan fingerprint density at radius 1 is 1.19 bits per heavy atom. The monoisotopic (exact) mass is 351 g/mol. The first-order valence-corrected chi connectivity index (χ1v) is 9.08. The second-order valence-electron chi connectivity index (χ2n) is 7.35. The molecule has 0 amide bonds. The van der Waals surface area contributed by atoms with E-state index < -0.39 is 5.60 Å². The summed E-state index contributed by atoms with van der Waals surface area (Å²) in [4.78, 5) is 2.31. The zero-order chi connectivity index (χ0) is 18.1. The van der Waals surface area contributed by atoms with Crippen LogP contribution in [0.4, 0.5) is 0 Å². The normalized spacial score (nSPS) is 22.5. The first-order valence-electron chi connectivity index (χ1n) is 9.08. The van der Waals surface area contributed by atoms with Crippen molar-refractivity contribution in [3.63, 3.8) is 0 Å². The van der Waals surface area contributed by atoms with Crippen molar-refractivity contribution in [3.05, 3.63) is 64.7 Å². The second kappa shape index (κ2) is 6.78. The van der Waals surface area contributed by atoms with Gasteiger partial charge in [0.15, 0.2) is 0 Å². The van der Waals surface area contributed by atoms with E-state index in [9.17, 15) is 5.11 Å². The lowest BCUT2D eigenvalue weighted by molar-refractivity contribution is 0.0469. The van der Waals surface area contributed by atoms with Crippen LogP contribution < -0.4 is 9.47 Å². The summed E-state index contributed by atoms with van der Waals surface area (Å²) in [6.45, 7) is 5.01. The quantitative estimate of drug-likeness (QED) is 0.917. The molecular formula is C22H25NO3. The topological polar surface area (TPSA) is 41.9 Å². The predicted molar refractivity (Wildman–Crippen MR) is 103 cm³/mol. The lowest BCUT2D eigenvalue weighted by Crippen LogP contribution is -2.32. The molecule has 4 nitrogen and oxygen atoms in total. The Hall–Kier alpha value is -2.30. The maximum absolute atomic E-state index is 11.1. The van der Waals surface area contributed by atoms with E-state index in [0.717, 1.165) is 42.1 Å². The number of methoxy groups -OCH3 is 1. The van der Waals surface area contributed by atoms with Gasteiger partial charge in [-0.2, -0.15) is 0 Å². The highest BCUT2D eigenvalue weighted by Crippen LogP contribution is 2.34. The zero-order valence-electron chi connectivity index (χ0n) is 15.4. The summed E-state index contributed by atoms with van der Waals surface area (Å²) in [5, 5.41) is 11.1. The summed E-state index contributed by atoms with van der Waals surface area (Å²) >= 11 is 0. The van der Waals surface area contributed by atoms with Gasteiger partial charge in [-0.1, -0.05) is 29.8 Å². The molecule has 2 aromatic rings. The van der Waals surface area contributed by atoms with E-state index in [1.54, 1.807) is 7.11 Å². The molecule has 1 fully saturated rings. The minimum Gasteiger partial charge on any atom is -0.497 e. The summed E-state index contributed by atoms with van der Waals surface area (Å²) in [6, 6.07) is 14.1. The molecule has 0 saturated carbocycles. The van der Waals surface area contributed by atoms with Crippen LogP contribution in [0.2, 0.25) is 0 Å². The number of aryl methyl sites for hydroxylation is 1. The Labute approximate surface area is 154 Å². The molecule has 4 heteroatoms. The van der Waals surface area contributed by atoms with Gasteiger partial charge in [-0.3, -0.25) is 4.90 Å². The smallest absolute Gasteiger partial charge is 0.130 e. The van der Waals surface area contributed by atoms with Crippen LogP contribution in [0, 0.1) is 6.92 Å². The molecule has 4 rings (SSSR count). The number of fused-ring (bicyclic) bond motifs is 1. The molecule has 0 bridgehead atoms. The van der Waals surface area contributed by atoms with Gasteiger partial charge in [0, 0.05) is 31.3 Å². The van der Waals surface area contributed by atoms with Gasteiger partial charge in [0.05, 0.1) is 7.11 Å². The standard InChI is InChI=1S/C22H25NO3/c1-16-3-6-19(7-4-16)22(24)9-10-23(15-22)13-17-11-18-5-8-20(25-2)12-21(18)26-14-17/h3-8,11-12,24H,9-10,13-15H2,1-2H3/t22-/m1/s1. The Kier molecular flexibility index (Phi) is 4.47. The number of hydrogen-bond donors (Lipinski definition) is 1. The lowest BCUT2D eigenvalue weighted by Gasteiger charge is -2.26. The van der Waals surface area contributed by atoms with Crippen molar-refractivity contribution in [2.75, 3.05) is 33.4 Å². The molecule has 1 N–H and O–H groups in total. The van der Waals surface area contributed by atoms with Crippen LogP contribution in [0.5, 0.6) is 11.5 Å². The van der Waals surface area contributed by atoms with Crippen molar-refractivity contribution in [1.82, 2.24) is 4.90 Å². The number of ether oxygens (including phenoxy) is 2. The molecule has 0 aliphatic carbocycles. The number of nitrogens with zero attached hydrogens (tertiary/aromatic N) is 1. The van der Waals surface area contributed by atoms with Crippen molar-refractivity contribution >= 4 is 6.08 Å². The minimum atomic E-state index is -0.755. The Balaban J connectivity index is 1.45. The predicted octanol–water partition coefficient (Wildman–Crippen LogP) is 3.37. The van der Waals surface area contributed by atoms with Gasteiger partial charge in [0.25, 0.3) is 0 Å². The van der Waals surface area contributed by atoms with E-state index in [1.165, 1.54) is 11.1 Å². The average molecular weight is 351 g/mol. The molecule has 0 spiro atoms. The fraction of sp³-hybridized carbons (Fsp3) is 0.364. The first-order chi connectivity index (χ1) is 12.6. The minimum absolute atomic E-state index is 0.583. The largest absolute Gasteiger partial charge is 0.497 e. The van der Waals surface area contributed by atoms with Gasteiger partial charge >= 0.3 is 0 Å². The van der Waals surface area contributed by atoms with Crippen molar-refractivity contribution in [1.29, 1.82) is 0 Å². The highest BCUT2D eigenvalue weighted by atomic mass is 16.5. The summed E-state index contributed by atoms with van der Waals surface area (Å²) < 4.78 is 11.2. The zero-order valence-corrected chi connectivity index (χ0v) is 15.4. The van der Waals surface area contributed by atoms with E-state index in [-0.39, 0.29) is 0 Å². The third-order valence-electron chi connectivity index (χ3n) is 5.34. The number of rotatable bonds is 4. The van der Waals surface area contributed by atoms with Gasteiger partial charge in [0.1, 0.15) is 23.7 Å². The molecule has 0 aromatic heterocycles. The Morgan fingerprint density at radius 3 is 2.77 bits per heavy atom. The number of hydrogen-bond acceptors (Lipinski definition) is 4. The van der Waals surface area contributed by atoms with E-state index in [4.69, 9.17) is 9.47 Å². The summed E-state index contributed by atoms with van der Waals surface area (Å²) in [6.07, 6.45) is 2.96. The van der Waals surface area contributed by atoms with Gasteiger partial charge in [0.2, 0.25) is 0 Å². The Morgan fingerprint density at radius 2 is 2.00 bits per heavy atom. The molecule has 26 heavy (non-hydrogen) atoms. The molecule has 2 heterocycles. The molecule has 0 unspecified atom stereocenters. The van der Waals surface area contributed by atoms with Gasteiger partial charge in [-0.15, -0.1) is 0 Å². The SMILES string of the molecule is COc1ccc2c(c1)OCC(CN1CC[C@](O)(c3ccc(C)cc3)C1)=C2. The molecule has 0 radical (unpaired) electrons. The van der Waals surface area contributed by atoms with Gasteiger partial charge in [-0.05, 0) is 42.7 Å². The molecule has 2 aromatic carbocycles. The van der Waals surface area contributed by atoms with E-state index in [1.807, 2.05) is 30.3 Å². The van der Waals surface area contributed by atoms with E-state index >= 15 is 0 Å². The molecule has 1 atom stereocenters. The third kappa shape index (κ3) is 3.35. The van der Waals surface area contributed by atoms with Gasteiger partial charge in [-0.25, -0.2) is 0 Å². The summed E-state index contributed by atoms with van der Waals surface area (Å²) in [5.41, 5.74) is 3.79. The molecule has 136 valence electrons. The number of β-amino-alcohol motifs (C(OH)–C–C–N with tert-alkyl or cyclic N) is 1. The maximum Gasteiger partial charge on any atom is 0.130 e. The molecule has 2 aliphatic heterocycles. The van der Waals surface area contributed by atoms with E-state index in [0.29, 0.717) is 13.2 Å². The van der Waals surface area contributed by atoms with Crippen LogP contribution in [-0.4, -0.2) is 43.4 Å². The number of aliphatic hydroxyl groups is 1. The first kappa shape index (κ1) is 17.1. The average Bonchev–Trinajstić information content (AvgIpc) is 3.03. The van der Waals surface area contributed by atoms with Crippen LogP contribution in [0.25, 0.3) is 6.08 Å². The van der Waals surface area contributed by atoms with Crippen LogP contribution in [0.15, 0.2) is 48.0 Å². The highest BCUT2D eigenvalue weighted by molar-refractivity contribution is 5.64. The van der Waals surface area contributed by atoms with Crippen molar-refractivity contribution in [2.45, 2.75) is 18.9 Å². The maximum atomic E-state index is 11.1.